The molecule has 18 heavy (non-hydrogen) atoms. The molecule has 102 valence electrons. The number of carboxylic acid groups (broad SMARTS) is 1. The first-order chi connectivity index (χ1) is 8.18. The van der Waals surface area contributed by atoms with Gasteiger partial charge in [0, 0.05) is 5.97 Å². The number of hydrogen-bond acceptors (Lipinski definition) is 5. The monoisotopic (exact) mass is 285 g/mol. The van der Waals surface area contributed by atoms with Crippen LogP contribution in [0.4, 0.5) is 0 Å². The molecule has 0 heterocycles. The fourth-order valence-corrected chi connectivity index (χ4v) is 1.58. The molecule has 0 radical (unpaired) electrons. The molecular weight excluding hydrogens is 262 g/mol. The van der Waals surface area contributed by atoms with Crippen molar-refractivity contribution in [2.75, 3.05) is 0 Å². The number of hydrogen-bond donors (Lipinski definition) is 0. The van der Waals surface area contributed by atoms with Gasteiger partial charge in [-0.15, -0.1) is 5.34 Å². The largest absolute Gasteiger partial charge is 2.00 e. The summed E-state index contributed by atoms with van der Waals surface area (Å²) in [4.78, 5) is 18.1. The molecule has 0 aliphatic carbocycles. The SMILES string of the molecule is CCCCCCCCCCCC(=O)[O-].O=N[O-].[Ca+2]. The Morgan fingerprint density at radius 1 is 0.944 bits per heavy atom. The topological polar surface area (TPSA) is 92.6 Å². The van der Waals surface area contributed by atoms with Gasteiger partial charge in [0.2, 0.25) is 0 Å². The van der Waals surface area contributed by atoms with Gasteiger partial charge in [0.25, 0.3) is 0 Å². The maximum atomic E-state index is 10.1. The molecule has 0 saturated carbocycles. The Morgan fingerprint density at radius 2 is 1.28 bits per heavy atom. The number of carbonyl (C=O) groups excluding carboxylic acids is 1. The van der Waals surface area contributed by atoms with Crippen LogP contribution in [-0.4, -0.2) is 43.7 Å². The summed E-state index contributed by atoms with van der Waals surface area (Å²) in [7, 11) is 0. The zero-order valence-corrected chi connectivity index (χ0v) is 13.6. The Balaban J connectivity index is -0.000000507. The van der Waals surface area contributed by atoms with Crippen LogP contribution in [0.5, 0.6) is 0 Å². The van der Waals surface area contributed by atoms with Crippen LogP contribution in [0.3, 0.4) is 0 Å². The molecule has 0 amide bonds. The average molecular weight is 285 g/mol. The van der Waals surface area contributed by atoms with Crippen LogP contribution in [-0.2, 0) is 4.79 Å². The number of aliphatic carboxylic acids is 1. The van der Waals surface area contributed by atoms with Crippen LogP contribution in [0.2, 0.25) is 0 Å². The Kier molecular flexibility index (Phi) is 28.8. The molecule has 5 nitrogen and oxygen atoms in total. The van der Waals surface area contributed by atoms with E-state index in [2.05, 4.69) is 6.92 Å². The Bertz CT molecular complexity index is 179. The van der Waals surface area contributed by atoms with Gasteiger partial charge in [-0.2, -0.15) is 0 Å². The third-order valence-electron chi connectivity index (χ3n) is 2.48. The molecule has 0 aromatic rings. The molecule has 0 aromatic heterocycles. The second kappa shape index (κ2) is 22.3. The molecule has 0 atom stereocenters. The summed E-state index contributed by atoms with van der Waals surface area (Å²) in [6.07, 6.45) is 11.2. The molecule has 0 fully saturated rings. The molecule has 0 unspecified atom stereocenters. The van der Waals surface area contributed by atoms with E-state index < -0.39 is 5.97 Å². The predicted octanol–water partition coefficient (Wildman–Crippen LogP) is 2.53. The van der Waals surface area contributed by atoms with Crippen LogP contribution in [0.1, 0.15) is 71.1 Å². The van der Waals surface area contributed by atoms with Gasteiger partial charge in [-0.1, -0.05) is 58.3 Å². The van der Waals surface area contributed by atoms with E-state index in [0.29, 0.717) is 0 Å². The summed E-state index contributed by atoms with van der Waals surface area (Å²) in [5, 5.41) is 19.1. The van der Waals surface area contributed by atoms with Gasteiger partial charge in [0.15, 0.2) is 0 Å². The quantitative estimate of drug-likeness (QED) is 0.267. The van der Waals surface area contributed by atoms with E-state index >= 15 is 0 Å². The molecule has 0 N–H and O–H groups in total. The van der Waals surface area contributed by atoms with Crippen molar-refractivity contribution >= 4 is 43.7 Å². The third kappa shape index (κ3) is 29.8. The summed E-state index contributed by atoms with van der Waals surface area (Å²) in [6, 6.07) is 0. The fourth-order valence-electron chi connectivity index (χ4n) is 1.58. The Hall–Kier alpha value is 0.130. The minimum absolute atomic E-state index is 0. The van der Waals surface area contributed by atoms with E-state index in [1.54, 1.807) is 0 Å². The number of carbonyl (C=O) groups is 1. The van der Waals surface area contributed by atoms with Gasteiger partial charge in [-0.05, 0) is 12.8 Å². The molecule has 0 spiro atoms. The van der Waals surface area contributed by atoms with Gasteiger partial charge < -0.3 is 20.0 Å². The van der Waals surface area contributed by atoms with Gasteiger partial charge in [0.05, 0.1) is 0 Å². The number of nitrogens with zero attached hydrogens (tertiary/aromatic N) is 1. The van der Waals surface area contributed by atoms with Crippen molar-refractivity contribution in [3.8, 4) is 0 Å². The van der Waals surface area contributed by atoms with E-state index in [1.807, 2.05) is 0 Å². The van der Waals surface area contributed by atoms with Crippen LogP contribution in [0.25, 0.3) is 0 Å². The number of unbranched alkanes of at least 4 members (excludes halogenated alkanes) is 8. The molecule has 0 aliphatic heterocycles. The summed E-state index contributed by atoms with van der Waals surface area (Å²) < 4.78 is 0. The standard InChI is InChI=1S/C12H24O2.Ca.HNO2/c1-2-3-4-5-6-7-8-9-10-11-12(13)14;;2-1-3/h2-11H2,1H3,(H,13,14);;(H,2,3)/q;+2;/p-2. The van der Waals surface area contributed by atoms with Gasteiger partial charge in [-0.3, -0.25) is 0 Å². The zero-order valence-electron chi connectivity index (χ0n) is 11.4. The smallest absolute Gasteiger partial charge is 0.550 e. The third-order valence-corrected chi connectivity index (χ3v) is 2.48. The van der Waals surface area contributed by atoms with Crippen molar-refractivity contribution in [2.24, 2.45) is 5.34 Å². The first-order valence-electron chi connectivity index (χ1n) is 6.33. The molecular formula is C12H23CaNO4. The molecule has 6 heteroatoms. The number of carboxylic acids is 1. The van der Waals surface area contributed by atoms with Crippen molar-refractivity contribution in [1.29, 1.82) is 0 Å². The van der Waals surface area contributed by atoms with E-state index in [0.717, 1.165) is 18.2 Å². The van der Waals surface area contributed by atoms with Crippen molar-refractivity contribution in [3.63, 3.8) is 0 Å². The first-order valence-corrected chi connectivity index (χ1v) is 6.33. The minimum atomic E-state index is -0.909. The average Bonchev–Trinajstić information content (AvgIpc) is 2.27. The Morgan fingerprint density at radius 3 is 1.61 bits per heavy atom. The van der Waals surface area contributed by atoms with Crippen LogP contribution in [0, 0.1) is 10.1 Å². The minimum Gasteiger partial charge on any atom is -0.550 e. The molecule has 0 saturated heterocycles. The van der Waals surface area contributed by atoms with E-state index in [9.17, 15) is 9.90 Å². The second-order valence-corrected chi connectivity index (χ2v) is 4.02. The normalized spacial score (nSPS) is 8.72. The van der Waals surface area contributed by atoms with E-state index in [1.165, 1.54) is 44.9 Å². The van der Waals surface area contributed by atoms with E-state index in [-0.39, 0.29) is 44.2 Å². The number of rotatable bonds is 10. The Labute approximate surface area is 139 Å². The van der Waals surface area contributed by atoms with Gasteiger partial charge in [-0.25, -0.2) is 0 Å². The molecule has 0 bridgehead atoms. The van der Waals surface area contributed by atoms with Crippen molar-refractivity contribution in [3.05, 3.63) is 10.1 Å². The van der Waals surface area contributed by atoms with Crippen molar-refractivity contribution in [1.82, 2.24) is 0 Å². The zero-order chi connectivity index (χ0) is 13.4. The maximum Gasteiger partial charge on any atom is 2.00 e. The van der Waals surface area contributed by atoms with Crippen LogP contribution in [0.15, 0.2) is 5.34 Å². The molecule has 0 aliphatic rings. The maximum absolute atomic E-state index is 10.1. The summed E-state index contributed by atoms with van der Waals surface area (Å²) in [6.45, 7) is 2.22. The summed E-state index contributed by atoms with van der Waals surface area (Å²) in [5.74, 6) is -0.909. The molecule has 0 aromatic carbocycles. The van der Waals surface area contributed by atoms with Gasteiger partial charge in [0.1, 0.15) is 0 Å². The molecule has 0 rings (SSSR count). The second-order valence-electron chi connectivity index (χ2n) is 4.02. The van der Waals surface area contributed by atoms with E-state index in [4.69, 9.17) is 10.1 Å². The van der Waals surface area contributed by atoms with Crippen molar-refractivity contribution in [2.45, 2.75) is 71.1 Å². The van der Waals surface area contributed by atoms with Gasteiger partial charge >= 0.3 is 37.7 Å². The predicted molar refractivity (Wildman–Crippen MR) is 71.8 cm³/mol. The summed E-state index contributed by atoms with van der Waals surface area (Å²) in [5.41, 5.74) is 0. The van der Waals surface area contributed by atoms with Crippen LogP contribution < -0.4 is 5.11 Å². The fraction of sp³-hybridized carbons (Fsp3) is 0.917. The first kappa shape index (κ1) is 23.2. The van der Waals surface area contributed by atoms with Crippen molar-refractivity contribution < 1.29 is 9.90 Å². The summed E-state index contributed by atoms with van der Waals surface area (Å²) >= 11 is 0. The van der Waals surface area contributed by atoms with Crippen LogP contribution >= 0.6 is 0 Å².